The van der Waals surface area contributed by atoms with E-state index in [4.69, 9.17) is 18.6 Å². The SMILES string of the molecule is COc1cccc2c(C3COC4(CCCCC4)O3)coc12. The third kappa shape index (κ3) is 2.14. The highest BCUT2D eigenvalue weighted by Gasteiger charge is 2.43. The Morgan fingerprint density at radius 1 is 1.19 bits per heavy atom. The van der Waals surface area contributed by atoms with Crippen LogP contribution in [0, 0.1) is 0 Å². The maximum Gasteiger partial charge on any atom is 0.176 e. The molecule has 4 rings (SSSR count). The first-order chi connectivity index (χ1) is 10.3. The van der Waals surface area contributed by atoms with Crippen LogP contribution in [0.15, 0.2) is 28.9 Å². The molecule has 1 aliphatic heterocycles. The Morgan fingerprint density at radius 3 is 2.86 bits per heavy atom. The van der Waals surface area contributed by atoms with E-state index in [9.17, 15) is 0 Å². The summed E-state index contributed by atoms with van der Waals surface area (Å²) >= 11 is 0. The molecule has 2 aliphatic rings. The van der Waals surface area contributed by atoms with Gasteiger partial charge in [0.2, 0.25) is 0 Å². The quantitative estimate of drug-likeness (QED) is 0.831. The molecule has 4 heteroatoms. The number of furan rings is 1. The molecule has 0 bridgehead atoms. The first-order valence-corrected chi connectivity index (χ1v) is 7.67. The van der Waals surface area contributed by atoms with Crippen molar-refractivity contribution in [3.05, 3.63) is 30.0 Å². The molecule has 4 nitrogen and oxygen atoms in total. The van der Waals surface area contributed by atoms with Crippen molar-refractivity contribution in [3.63, 3.8) is 0 Å². The van der Waals surface area contributed by atoms with Crippen LogP contribution in [0.25, 0.3) is 11.0 Å². The lowest BCUT2D eigenvalue weighted by Gasteiger charge is -2.31. The second-order valence-corrected chi connectivity index (χ2v) is 5.92. The van der Waals surface area contributed by atoms with Crippen LogP contribution in [0.2, 0.25) is 0 Å². The van der Waals surface area contributed by atoms with Crippen molar-refractivity contribution in [2.75, 3.05) is 13.7 Å². The lowest BCUT2D eigenvalue weighted by molar-refractivity contribution is -0.187. The molecule has 1 unspecified atom stereocenters. The van der Waals surface area contributed by atoms with Gasteiger partial charge in [0.05, 0.1) is 20.0 Å². The fraction of sp³-hybridized carbons (Fsp3) is 0.529. The van der Waals surface area contributed by atoms with E-state index in [0.29, 0.717) is 6.61 Å². The van der Waals surface area contributed by atoms with Gasteiger partial charge in [-0.25, -0.2) is 0 Å². The lowest BCUT2D eigenvalue weighted by atomic mass is 9.94. The third-order valence-corrected chi connectivity index (χ3v) is 4.63. The molecule has 1 aromatic heterocycles. The summed E-state index contributed by atoms with van der Waals surface area (Å²) in [5.41, 5.74) is 1.84. The van der Waals surface area contributed by atoms with E-state index in [2.05, 4.69) is 0 Å². The lowest BCUT2D eigenvalue weighted by Crippen LogP contribution is -2.32. The molecule has 2 fully saturated rings. The molecule has 1 spiro atoms. The summed E-state index contributed by atoms with van der Waals surface area (Å²) in [6.07, 6.45) is 7.40. The molecule has 0 N–H and O–H groups in total. The van der Waals surface area contributed by atoms with Gasteiger partial charge < -0.3 is 18.6 Å². The first-order valence-electron chi connectivity index (χ1n) is 7.67. The second-order valence-electron chi connectivity index (χ2n) is 5.92. The van der Waals surface area contributed by atoms with E-state index < -0.39 is 0 Å². The molecule has 21 heavy (non-hydrogen) atoms. The van der Waals surface area contributed by atoms with Crippen LogP contribution in [-0.2, 0) is 9.47 Å². The summed E-state index contributed by atoms with van der Waals surface area (Å²) in [6, 6.07) is 5.93. The van der Waals surface area contributed by atoms with Crippen molar-refractivity contribution in [2.24, 2.45) is 0 Å². The third-order valence-electron chi connectivity index (χ3n) is 4.63. The number of benzene rings is 1. The van der Waals surface area contributed by atoms with Gasteiger partial charge in [-0.1, -0.05) is 18.6 Å². The zero-order valence-electron chi connectivity index (χ0n) is 12.3. The molecule has 1 saturated heterocycles. The number of methoxy groups -OCH3 is 1. The van der Waals surface area contributed by atoms with Gasteiger partial charge in [-0.15, -0.1) is 0 Å². The number of hydrogen-bond acceptors (Lipinski definition) is 4. The number of fused-ring (bicyclic) bond motifs is 1. The van der Waals surface area contributed by atoms with Crippen molar-refractivity contribution in [2.45, 2.75) is 44.0 Å². The Kier molecular flexibility index (Phi) is 3.16. The largest absolute Gasteiger partial charge is 0.493 e. The van der Waals surface area contributed by atoms with Crippen LogP contribution < -0.4 is 4.74 Å². The summed E-state index contributed by atoms with van der Waals surface area (Å²) in [7, 11) is 1.66. The zero-order valence-corrected chi connectivity index (χ0v) is 12.3. The standard InChI is InChI=1S/C17H20O4/c1-18-14-7-5-6-12-13(10-19-16(12)14)15-11-20-17(21-15)8-3-2-4-9-17/h5-7,10,15H,2-4,8-9,11H2,1H3. The van der Waals surface area contributed by atoms with E-state index in [-0.39, 0.29) is 11.9 Å². The van der Waals surface area contributed by atoms with Crippen LogP contribution >= 0.6 is 0 Å². The van der Waals surface area contributed by atoms with Crippen LogP contribution in [0.5, 0.6) is 5.75 Å². The minimum atomic E-state index is -0.356. The van der Waals surface area contributed by atoms with Crippen molar-refractivity contribution < 1.29 is 18.6 Å². The van der Waals surface area contributed by atoms with Crippen LogP contribution in [0.4, 0.5) is 0 Å². The highest BCUT2D eigenvalue weighted by atomic mass is 16.7. The molecule has 0 amide bonds. The Hall–Kier alpha value is -1.52. The number of rotatable bonds is 2. The maximum atomic E-state index is 6.29. The Bertz CT molecular complexity index is 639. The van der Waals surface area contributed by atoms with Gasteiger partial charge in [-0.2, -0.15) is 0 Å². The van der Waals surface area contributed by atoms with Gasteiger partial charge in [0.1, 0.15) is 6.10 Å². The smallest absolute Gasteiger partial charge is 0.176 e. The first kappa shape index (κ1) is 13.2. The van der Waals surface area contributed by atoms with Gasteiger partial charge >= 0.3 is 0 Å². The Balaban J connectivity index is 1.65. The summed E-state index contributed by atoms with van der Waals surface area (Å²) in [5.74, 6) is 0.399. The number of hydrogen-bond donors (Lipinski definition) is 0. The van der Waals surface area contributed by atoms with Crippen molar-refractivity contribution in [1.29, 1.82) is 0 Å². The van der Waals surface area contributed by atoms with Gasteiger partial charge in [-0.3, -0.25) is 0 Å². The molecule has 1 aromatic carbocycles. The van der Waals surface area contributed by atoms with Crippen LogP contribution in [0.1, 0.15) is 43.8 Å². The average Bonchev–Trinajstić information content (AvgIpc) is 3.12. The molecule has 0 radical (unpaired) electrons. The molecule has 112 valence electrons. The van der Waals surface area contributed by atoms with E-state index >= 15 is 0 Å². The maximum absolute atomic E-state index is 6.29. The molecule has 2 heterocycles. The number of ether oxygens (including phenoxy) is 3. The molecule has 1 saturated carbocycles. The Morgan fingerprint density at radius 2 is 2.05 bits per heavy atom. The number of para-hydroxylation sites is 1. The molecule has 1 atom stereocenters. The molecular formula is C17H20O4. The molecule has 1 aliphatic carbocycles. The monoisotopic (exact) mass is 288 g/mol. The fourth-order valence-corrected chi connectivity index (χ4v) is 3.52. The summed E-state index contributed by atoms with van der Waals surface area (Å²) in [6.45, 7) is 0.603. The fourth-order valence-electron chi connectivity index (χ4n) is 3.52. The van der Waals surface area contributed by atoms with Crippen molar-refractivity contribution in [3.8, 4) is 5.75 Å². The summed E-state index contributed by atoms with van der Waals surface area (Å²) in [5, 5.41) is 1.05. The second kappa shape index (κ2) is 5.04. The summed E-state index contributed by atoms with van der Waals surface area (Å²) in [4.78, 5) is 0. The molecular weight excluding hydrogens is 268 g/mol. The van der Waals surface area contributed by atoms with Crippen LogP contribution in [-0.4, -0.2) is 19.5 Å². The van der Waals surface area contributed by atoms with Gasteiger partial charge in [-0.05, 0) is 18.9 Å². The minimum Gasteiger partial charge on any atom is -0.493 e. The zero-order chi connectivity index (χ0) is 14.3. The van der Waals surface area contributed by atoms with Crippen molar-refractivity contribution in [1.82, 2.24) is 0 Å². The molecule has 2 aromatic rings. The normalized spacial score (nSPS) is 24.7. The predicted molar refractivity (Wildman–Crippen MR) is 78.4 cm³/mol. The van der Waals surface area contributed by atoms with Gasteiger partial charge in [0.25, 0.3) is 0 Å². The van der Waals surface area contributed by atoms with Gasteiger partial charge in [0, 0.05) is 23.8 Å². The van der Waals surface area contributed by atoms with E-state index in [1.165, 1.54) is 19.3 Å². The topological polar surface area (TPSA) is 40.8 Å². The van der Waals surface area contributed by atoms with E-state index in [1.54, 1.807) is 13.4 Å². The highest BCUT2D eigenvalue weighted by Crippen LogP contribution is 2.44. The van der Waals surface area contributed by atoms with E-state index in [1.807, 2.05) is 18.2 Å². The minimum absolute atomic E-state index is 0.0449. The van der Waals surface area contributed by atoms with Crippen molar-refractivity contribution >= 4 is 11.0 Å². The average molecular weight is 288 g/mol. The highest BCUT2D eigenvalue weighted by molar-refractivity contribution is 5.86. The van der Waals surface area contributed by atoms with Gasteiger partial charge in [0.15, 0.2) is 17.1 Å². The van der Waals surface area contributed by atoms with E-state index in [0.717, 1.165) is 35.1 Å². The summed E-state index contributed by atoms with van der Waals surface area (Å²) < 4.78 is 23.4. The predicted octanol–water partition coefficient (Wildman–Crippen LogP) is 4.19. The van der Waals surface area contributed by atoms with Crippen LogP contribution in [0.3, 0.4) is 0 Å². The Labute approximate surface area is 124 Å².